The number of benzene rings is 2. The highest BCUT2D eigenvalue weighted by atomic mass is 16.6. The van der Waals surface area contributed by atoms with Crippen LogP contribution in [-0.2, 0) is 11.3 Å². The normalized spacial score (nSPS) is 22.6. The van der Waals surface area contributed by atoms with Crippen LogP contribution in [0.2, 0.25) is 0 Å². The highest BCUT2D eigenvalue weighted by molar-refractivity contribution is 5.88. The van der Waals surface area contributed by atoms with Crippen LogP contribution in [0.15, 0.2) is 66.3 Å². The van der Waals surface area contributed by atoms with Gasteiger partial charge >= 0.3 is 12.1 Å². The van der Waals surface area contributed by atoms with Gasteiger partial charge in [0, 0.05) is 62.3 Å². The molecule has 2 aromatic carbocycles. The molecule has 0 aromatic heterocycles. The van der Waals surface area contributed by atoms with E-state index in [1.54, 1.807) is 12.1 Å². The number of rotatable bonds is 5. The van der Waals surface area contributed by atoms with Gasteiger partial charge in [-0.05, 0) is 62.1 Å². The molecule has 0 radical (unpaired) electrons. The van der Waals surface area contributed by atoms with Crippen molar-refractivity contribution in [2.24, 2.45) is 10.8 Å². The third kappa shape index (κ3) is 6.12. The molecule has 0 unspecified atom stereocenters. The van der Waals surface area contributed by atoms with Crippen LogP contribution in [0.5, 0.6) is 0 Å². The fraction of sp³-hybridized carbons (Fsp3) is 0.486. The molecule has 1 fully saturated rings. The van der Waals surface area contributed by atoms with E-state index < -0.39 is 11.6 Å². The van der Waals surface area contributed by atoms with Gasteiger partial charge in [0.25, 0.3) is 0 Å². The van der Waals surface area contributed by atoms with Crippen molar-refractivity contribution in [1.82, 2.24) is 9.80 Å². The van der Waals surface area contributed by atoms with Crippen LogP contribution in [0, 0.1) is 10.8 Å². The van der Waals surface area contributed by atoms with Gasteiger partial charge in [-0.25, -0.2) is 9.59 Å². The Morgan fingerprint density at radius 2 is 1.60 bits per heavy atom. The Morgan fingerprint density at radius 3 is 2.24 bits per heavy atom. The number of nitrogens with zero attached hydrogens (tertiary/aromatic N) is 3. The summed E-state index contributed by atoms with van der Waals surface area (Å²) in [6, 6.07) is 16.0. The molecular formula is C35H45N3O4. The summed E-state index contributed by atoms with van der Waals surface area (Å²) in [7, 11) is 0. The molecule has 7 heteroatoms. The van der Waals surface area contributed by atoms with Crippen molar-refractivity contribution in [2.75, 3.05) is 44.2 Å². The lowest BCUT2D eigenvalue weighted by Crippen LogP contribution is -2.50. The topological polar surface area (TPSA) is 73.3 Å². The Hall–Kier alpha value is -3.58. The van der Waals surface area contributed by atoms with E-state index in [1.165, 1.54) is 22.4 Å². The van der Waals surface area contributed by atoms with Crippen molar-refractivity contribution in [2.45, 2.75) is 60.1 Å². The van der Waals surface area contributed by atoms with E-state index in [0.717, 1.165) is 44.7 Å². The number of piperazine rings is 1. The second kappa shape index (κ2) is 11.3. The summed E-state index contributed by atoms with van der Waals surface area (Å²) in [6.07, 6.45) is 5.52. The minimum absolute atomic E-state index is 0.0280. The Kier molecular flexibility index (Phi) is 8.01. The first kappa shape index (κ1) is 29.9. The number of para-hydroxylation sites is 1. The molecule has 2 aromatic rings. The first-order chi connectivity index (χ1) is 19.8. The van der Waals surface area contributed by atoms with Crippen LogP contribution in [0.3, 0.4) is 0 Å². The zero-order valence-electron chi connectivity index (χ0n) is 25.9. The van der Waals surface area contributed by atoms with Crippen LogP contribution >= 0.6 is 0 Å². The van der Waals surface area contributed by atoms with Crippen molar-refractivity contribution in [3.05, 3.63) is 82.9 Å². The first-order valence-corrected chi connectivity index (χ1v) is 15.1. The number of aromatic carboxylic acids is 1. The Morgan fingerprint density at radius 1 is 0.929 bits per heavy atom. The van der Waals surface area contributed by atoms with E-state index in [-0.39, 0.29) is 16.9 Å². The summed E-state index contributed by atoms with van der Waals surface area (Å²) in [5.74, 6) is -0.897. The minimum atomic E-state index is -0.897. The monoisotopic (exact) mass is 571 g/mol. The number of carboxylic acid groups (broad SMARTS) is 1. The summed E-state index contributed by atoms with van der Waals surface area (Å²) in [5, 5.41) is 9.31. The molecule has 5 rings (SSSR count). The third-order valence-corrected chi connectivity index (χ3v) is 8.98. The van der Waals surface area contributed by atoms with Crippen LogP contribution in [0.25, 0.3) is 5.57 Å². The maximum Gasteiger partial charge on any atom is 0.410 e. The highest BCUT2D eigenvalue weighted by Gasteiger charge is 2.45. The molecule has 1 aliphatic carbocycles. The van der Waals surface area contributed by atoms with Gasteiger partial charge in [-0.3, -0.25) is 4.90 Å². The zero-order chi connectivity index (χ0) is 30.3. The first-order valence-electron chi connectivity index (χ1n) is 15.1. The number of hydrogen-bond donors (Lipinski definition) is 1. The van der Waals surface area contributed by atoms with Gasteiger partial charge in [0.05, 0.1) is 5.56 Å². The maximum absolute atomic E-state index is 12.6. The van der Waals surface area contributed by atoms with E-state index in [9.17, 15) is 14.7 Å². The van der Waals surface area contributed by atoms with Crippen molar-refractivity contribution < 1.29 is 19.4 Å². The number of carbonyl (C=O) groups excluding carboxylic acids is 1. The molecule has 42 heavy (non-hydrogen) atoms. The molecule has 2 heterocycles. The van der Waals surface area contributed by atoms with Crippen LogP contribution in [-0.4, -0.2) is 71.8 Å². The molecular weight excluding hydrogens is 526 g/mol. The Labute approximate surface area is 250 Å². The number of hydrogen-bond acceptors (Lipinski definition) is 5. The number of fused-ring (bicyclic) bond motifs is 1. The lowest BCUT2D eigenvalue weighted by molar-refractivity contribution is 0.0240. The van der Waals surface area contributed by atoms with E-state index in [0.29, 0.717) is 18.7 Å². The van der Waals surface area contributed by atoms with Crippen LogP contribution < -0.4 is 4.90 Å². The molecule has 1 atom stereocenters. The number of anilines is 1. The quantitative estimate of drug-likeness (QED) is 0.403. The molecule has 1 N–H and O–H groups in total. The number of carboxylic acids is 1. The molecule has 0 saturated carbocycles. The second-order valence-electron chi connectivity index (χ2n) is 13.8. The standard InChI is InChI=1S/C35H45N3O4/c1-33(2,3)42-32(41)38-21-19-37(20-22-38)29-10-8-7-9-27(29)23-36-18-16-30-34(4,5)28(15-17-35(30,6)24-36)25-11-13-26(14-12-25)31(39)40/h7-16H,17-24H2,1-6H3,(H,39,40)/t35-/m1/s1. The predicted octanol–water partition coefficient (Wildman–Crippen LogP) is 6.70. The third-order valence-electron chi connectivity index (χ3n) is 8.98. The molecule has 7 nitrogen and oxygen atoms in total. The van der Waals surface area contributed by atoms with Gasteiger partial charge < -0.3 is 19.6 Å². The Balaban J connectivity index is 1.28. The maximum atomic E-state index is 12.6. The van der Waals surface area contributed by atoms with Crippen molar-refractivity contribution in [1.29, 1.82) is 0 Å². The molecule has 2 aliphatic heterocycles. The lowest BCUT2D eigenvalue weighted by Gasteiger charge is -2.51. The highest BCUT2D eigenvalue weighted by Crippen LogP contribution is 2.55. The van der Waals surface area contributed by atoms with Crippen molar-refractivity contribution in [3.8, 4) is 0 Å². The SMILES string of the molecule is CC(C)(C)OC(=O)N1CCN(c2ccccc2CN2CC=C3C(C)(C)C(c4ccc(C(=O)O)cc4)=CC[C@]3(C)C2)CC1. The molecule has 3 aliphatic rings. The van der Waals surface area contributed by atoms with Crippen LogP contribution in [0.1, 0.15) is 69.4 Å². The van der Waals surface area contributed by atoms with E-state index in [4.69, 9.17) is 4.74 Å². The lowest BCUT2D eigenvalue weighted by atomic mass is 9.58. The molecule has 0 bridgehead atoms. The van der Waals surface area contributed by atoms with Gasteiger partial charge in [-0.2, -0.15) is 0 Å². The minimum Gasteiger partial charge on any atom is -0.478 e. The summed E-state index contributed by atoms with van der Waals surface area (Å²) < 4.78 is 5.59. The summed E-state index contributed by atoms with van der Waals surface area (Å²) in [6.45, 7) is 18.3. The largest absolute Gasteiger partial charge is 0.478 e. The van der Waals surface area contributed by atoms with Crippen molar-refractivity contribution in [3.63, 3.8) is 0 Å². The van der Waals surface area contributed by atoms with E-state index >= 15 is 0 Å². The average Bonchev–Trinajstić information content (AvgIpc) is 2.92. The fourth-order valence-corrected chi connectivity index (χ4v) is 7.06. The smallest absolute Gasteiger partial charge is 0.410 e. The predicted molar refractivity (Wildman–Crippen MR) is 168 cm³/mol. The molecule has 0 spiro atoms. The van der Waals surface area contributed by atoms with Crippen LogP contribution in [0.4, 0.5) is 10.5 Å². The number of amides is 1. The fourth-order valence-electron chi connectivity index (χ4n) is 7.06. The van der Waals surface area contributed by atoms with Crippen molar-refractivity contribution >= 4 is 23.3 Å². The van der Waals surface area contributed by atoms with Gasteiger partial charge in [-0.1, -0.05) is 68.8 Å². The summed E-state index contributed by atoms with van der Waals surface area (Å²) >= 11 is 0. The molecule has 1 amide bonds. The average molecular weight is 572 g/mol. The zero-order valence-corrected chi connectivity index (χ0v) is 25.9. The van der Waals surface area contributed by atoms with Gasteiger partial charge in [-0.15, -0.1) is 0 Å². The Bertz CT molecular complexity index is 1390. The summed E-state index contributed by atoms with van der Waals surface area (Å²) in [4.78, 5) is 30.7. The number of allylic oxidation sites excluding steroid dienone is 2. The summed E-state index contributed by atoms with van der Waals surface area (Å²) in [5.41, 5.74) is 6.11. The van der Waals surface area contributed by atoms with E-state index in [1.807, 2.05) is 37.8 Å². The molecule has 1 saturated heterocycles. The van der Waals surface area contributed by atoms with Gasteiger partial charge in [0.2, 0.25) is 0 Å². The van der Waals surface area contributed by atoms with Gasteiger partial charge in [0.15, 0.2) is 0 Å². The number of ether oxygens (including phenoxy) is 1. The van der Waals surface area contributed by atoms with Gasteiger partial charge in [0.1, 0.15) is 5.60 Å². The molecule has 224 valence electrons. The number of carbonyl (C=O) groups is 2. The van der Waals surface area contributed by atoms with E-state index in [2.05, 4.69) is 67.0 Å². The second-order valence-corrected chi connectivity index (χ2v) is 13.8.